The van der Waals surface area contributed by atoms with E-state index in [0.29, 0.717) is 11.4 Å². The van der Waals surface area contributed by atoms with Crippen LogP contribution >= 0.6 is 0 Å². The quantitative estimate of drug-likeness (QED) is 0.145. The van der Waals surface area contributed by atoms with E-state index in [1.807, 2.05) is 72.9 Å². The molecule has 1 aliphatic heterocycles. The van der Waals surface area contributed by atoms with Gasteiger partial charge in [0, 0.05) is 46.0 Å². The minimum absolute atomic E-state index is 0.421. The second-order valence-electron chi connectivity index (χ2n) is 14.0. The molecule has 1 aliphatic rings. The Hall–Kier alpha value is -7.63. The van der Waals surface area contributed by atoms with Crippen molar-refractivity contribution in [3.8, 4) is 11.1 Å². The summed E-state index contributed by atoms with van der Waals surface area (Å²) in [6.07, 6.45) is 8.41. The van der Waals surface area contributed by atoms with E-state index >= 15 is 0 Å². The number of fused-ring (bicyclic) bond motifs is 2. The van der Waals surface area contributed by atoms with Crippen molar-refractivity contribution >= 4 is 56.8 Å². The maximum Gasteiger partial charge on any atom is 0.157 e. The fourth-order valence-corrected chi connectivity index (χ4v) is 7.42. The molecule has 3 N–H and O–H groups in total. The Balaban J connectivity index is 1.08. The molecule has 5 heteroatoms. The number of benzene rings is 7. The maximum atomic E-state index is 6.68. The van der Waals surface area contributed by atoms with Crippen molar-refractivity contribution < 1.29 is 4.42 Å². The molecule has 0 spiro atoms. The van der Waals surface area contributed by atoms with Crippen molar-refractivity contribution in [3.63, 3.8) is 0 Å². The third-order valence-electron chi connectivity index (χ3n) is 10.3. The highest BCUT2D eigenvalue weighted by Gasteiger charge is 2.22. The van der Waals surface area contributed by atoms with Gasteiger partial charge in [0.15, 0.2) is 5.76 Å². The van der Waals surface area contributed by atoms with E-state index in [2.05, 4.69) is 150 Å². The zero-order valence-electron chi connectivity index (χ0n) is 31.3. The average Bonchev–Trinajstić information content (AvgIpc) is 3.59. The van der Waals surface area contributed by atoms with Crippen LogP contribution in [0.5, 0.6) is 0 Å². The normalized spacial score (nSPS) is 14.7. The molecule has 0 radical (unpaired) electrons. The lowest BCUT2D eigenvalue weighted by Crippen LogP contribution is -2.12. The lowest BCUT2D eigenvalue weighted by Gasteiger charge is -2.26. The molecule has 274 valence electrons. The number of allylic oxidation sites excluding steroid dienone is 4. The summed E-state index contributed by atoms with van der Waals surface area (Å²) < 4.78 is 6.34. The second kappa shape index (κ2) is 15.6. The second-order valence-corrected chi connectivity index (χ2v) is 14.0. The monoisotopic (exact) mass is 736 g/mol. The molecule has 57 heavy (non-hydrogen) atoms. The highest BCUT2D eigenvalue weighted by atomic mass is 16.3. The van der Waals surface area contributed by atoms with Gasteiger partial charge >= 0.3 is 0 Å². The van der Waals surface area contributed by atoms with Gasteiger partial charge in [-0.2, -0.15) is 0 Å². The Morgan fingerprint density at radius 1 is 0.667 bits per heavy atom. The van der Waals surface area contributed by atoms with E-state index < -0.39 is 6.04 Å². The molecule has 2 heterocycles. The van der Waals surface area contributed by atoms with Gasteiger partial charge in [0.1, 0.15) is 11.6 Å². The summed E-state index contributed by atoms with van der Waals surface area (Å²) >= 11 is 0. The summed E-state index contributed by atoms with van der Waals surface area (Å²) in [7, 11) is 0. The van der Waals surface area contributed by atoms with Gasteiger partial charge < -0.3 is 20.4 Å². The summed E-state index contributed by atoms with van der Waals surface area (Å²) in [5.74, 6) is 0.632. The first-order valence-electron chi connectivity index (χ1n) is 19.0. The molecule has 7 aromatic carbocycles. The van der Waals surface area contributed by atoms with Gasteiger partial charge in [-0.3, -0.25) is 4.99 Å². The molecular weight excluding hydrogens is 697 g/mol. The van der Waals surface area contributed by atoms with Crippen LogP contribution in [0.3, 0.4) is 0 Å². The van der Waals surface area contributed by atoms with Gasteiger partial charge in [0.25, 0.3) is 0 Å². The minimum atomic E-state index is -0.421. The smallest absolute Gasteiger partial charge is 0.157 e. The van der Waals surface area contributed by atoms with Crippen molar-refractivity contribution in [2.45, 2.75) is 6.04 Å². The van der Waals surface area contributed by atoms with Gasteiger partial charge in [0.05, 0.1) is 11.4 Å². The van der Waals surface area contributed by atoms with Crippen molar-refractivity contribution in [1.82, 2.24) is 0 Å². The number of furan rings is 1. The summed E-state index contributed by atoms with van der Waals surface area (Å²) in [4.78, 5) is 7.34. The fraction of sp³-hybridized carbons (Fsp3) is 0.0192. The number of nitrogen functional groups attached to an aromatic ring is 1. The minimum Gasteiger partial charge on any atom is -0.456 e. The highest BCUT2D eigenvalue weighted by Crippen LogP contribution is 2.40. The van der Waals surface area contributed by atoms with E-state index in [-0.39, 0.29) is 0 Å². The van der Waals surface area contributed by atoms with E-state index in [9.17, 15) is 0 Å². The van der Waals surface area contributed by atoms with Gasteiger partial charge in [-0.25, -0.2) is 0 Å². The Labute approximate surface area is 333 Å². The van der Waals surface area contributed by atoms with Crippen LogP contribution in [0.1, 0.15) is 34.1 Å². The third-order valence-corrected chi connectivity index (χ3v) is 10.3. The summed E-state index contributed by atoms with van der Waals surface area (Å²) in [5.41, 5.74) is 20.4. The summed E-state index contributed by atoms with van der Waals surface area (Å²) in [5, 5.41) is 4.53. The molecule has 0 bridgehead atoms. The van der Waals surface area contributed by atoms with Crippen molar-refractivity contribution in [2.75, 3.05) is 16.0 Å². The molecule has 0 saturated carbocycles. The number of hydrogen-bond donors (Lipinski definition) is 2. The fourth-order valence-electron chi connectivity index (χ4n) is 7.42. The predicted octanol–water partition coefficient (Wildman–Crippen LogP) is 13.4. The van der Waals surface area contributed by atoms with Crippen LogP contribution in [0.25, 0.3) is 33.2 Å². The zero-order valence-corrected chi connectivity index (χ0v) is 31.3. The number of para-hydroxylation sites is 3. The Morgan fingerprint density at radius 2 is 1.39 bits per heavy atom. The molecule has 9 rings (SSSR count). The molecule has 1 unspecified atom stereocenters. The first kappa shape index (κ1) is 35.1. The first-order valence-corrected chi connectivity index (χ1v) is 19.0. The number of nitrogens with one attached hydrogen (secondary N) is 1. The largest absolute Gasteiger partial charge is 0.456 e. The SMILES string of the molecule is C=C1/C=C(c2ccc(Nc3ccccc3)c(-c3ccccc3)c2)\C=C/N(c2cccc(C=NC(c3ccccc3)c3oc4ccccc4c3N)c2)c2ccccc21. The van der Waals surface area contributed by atoms with Crippen LogP contribution in [0, 0.1) is 0 Å². The number of aliphatic imine (C=N–C) groups is 1. The van der Waals surface area contributed by atoms with E-state index in [0.717, 1.165) is 78.2 Å². The number of rotatable bonds is 9. The number of nitrogens with two attached hydrogens (primary N) is 1. The van der Waals surface area contributed by atoms with E-state index in [1.165, 1.54) is 0 Å². The number of nitrogens with zero attached hydrogens (tertiary/aromatic N) is 2. The van der Waals surface area contributed by atoms with Gasteiger partial charge in [-0.15, -0.1) is 0 Å². The van der Waals surface area contributed by atoms with Crippen LogP contribution in [-0.4, -0.2) is 6.21 Å². The van der Waals surface area contributed by atoms with Crippen LogP contribution in [-0.2, 0) is 0 Å². The molecule has 0 aliphatic carbocycles. The van der Waals surface area contributed by atoms with Gasteiger partial charge in [-0.05, 0) is 100 Å². The van der Waals surface area contributed by atoms with Gasteiger partial charge in [-0.1, -0.05) is 134 Å². The first-order chi connectivity index (χ1) is 28.1. The summed E-state index contributed by atoms with van der Waals surface area (Å²) in [6, 6.07) is 61.8. The Bertz CT molecular complexity index is 2800. The van der Waals surface area contributed by atoms with E-state index in [1.54, 1.807) is 0 Å². The predicted molar refractivity (Wildman–Crippen MR) is 239 cm³/mol. The molecule has 5 nitrogen and oxygen atoms in total. The summed E-state index contributed by atoms with van der Waals surface area (Å²) in [6.45, 7) is 4.57. The Morgan fingerprint density at radius 3 is 2.19 bits per heavy atom. The lowest BCUT2D eigenvalue weighted by atomic mass is 9.93. The van der Waals surface area contributed by atoms with Crippen molar-refractivity contribution in [3.05, 3.63) is 235 Å². The molecule has 0 saturated heterocycles. The van der Waals surface area contributed by atoms with E-state index in [4.69, 9.17) is 15.1 Å². The van der Waals surface area contributed by atoms with Crippen molar-refractivity contribution in [2.24, 2.45) is 4.99 Å². The standard InChI is InChI=1S/C52H40N4O/c1-36-32-41(40-28-29-47(55-42-21-9-4-10-22-42)46(34-40)38-17-5-2-6-18-38)30-31-56(48-26-13-11-24-44(36)48)43-23-15-16-37(33-43)35-54-51(39-19-7-3-8-20-39)52-50(53)45-25-12-14-27-49(45)57-52/h2-35,51,55H,1,53H2/b31-30-,41-32+,54-35?. The average molecular weight is 737 g/mol. The molecule has 1 atom stereocenters. The number of anilines is 5. The Kier molecular flexibility index (Phi) is 9.61. The van der Waals surface area contributed by atoms with Crippen LogP contribution in [0.15, 0.2) is 216 Å². The molecule has 1 aromatic heterocycles. The molecule has 0 fully saturated rings. The number of hydrogen-bond acceptors (Lipinski definition) is 5. The molecule has 8 aromatic rings. The highest BCUT2D eigenvalue weighted by molar-refractivity contribution is 5.96. The van der Waals surface area contributed by atoms with Crippen LogP contribution < -0.4 is 16.0 Å². The van der Waals surface area contributed by atoms with Crippen LogP contribution in [0.2, 0.25) is 0 Å². The van der Waals surface area contributed by atoms with Crippen LogP contribution in [0.4, 0.5) is 28.4 Å². The third kappa shape index (κ3) is 7.30. The molecule has 0 amide bonds. The lowest BCUT2D eigenvalue weighted by molar-refractivity contribution is 0.529. The zero-order chi connectivity index (χ0) is 38.6. The van der Waals surface area contributed by atoms with Crippen molar-refractivity contribution in [1.29, 1.82) is 0 Å². The topological polar surface area (TPSA) is 66.8 Å². The molecular formula is C52H40N4O. The van der Waals surface area contributed by atoms with Gasteiger partial charge in [0.2, 0.25) is 0 Å². The maximum absolute atomic E-state index is 6.68.